The quantitative estimate of drug-likeness (QED) is 0.874. The van der Waals surface area contributed by atoms with Crippen molar-refractivity contribution in [3.63, 3.8) is 0 Å². The van der Waals surface area contributed by atoms with Gasteiger partial charge in [0.2, 0.25) is 0 Å². The van der Waals surface area contributed by atoms with E-state index < -0.39 is 18.3 Å². The molecule has 0 aromatic heterocycles. The first kappa shape index (κ1) is 14.8. The SMILES string of the molecule is CC(O)C1OC(=O)N2C[C@@H](c3c(O)ccc(Cl)c3Cl)C[C@@H]12. The summed E-state index contributed by atoms with van der Waals surface area (Å²) < 4.78 is 5.17. The maximum absolute atomic E-state index is 11.9. The van der Waals surface area contributed by atoms with E-state index in [2.05, 4.69) is 0 Å². The molecule has 0 bridgehead atoms. The Hall–Kier alpha value is -1.17. The van der Waals surface area contributed by atoms with Crippen LogP contribution in [0.3, 0.4) is 0 Å². The number of halogens is 2. The fraction of sp³-hybridized carbons (Fsp3) is 0.500. The zero-order valence-corrected chi connectivity index (χ0v) is 12.8. The van der Waals surface area contributed by atoms with Gasteiger partial charge in [0, 0.05) is 18.0 Å². The second-order valence-corrected chi connectivity index (χ2v) is 6.32. The monoisotopic (exact) mass is 331 g/mol. The van der Waals surface area contributed by atoms with Gasteiger partial charge >= 0.3 is 6.09 Å². The largest absolute Gasteiger partial charge is 0.508 e. The number of amides is 1. The fourth-order valence-corrected chi connectivity index (χ4v) is 3.70. The molecule has 2 heterocycles. The Morgan fingerprint density at radius 2 is 2.14 bits per heavy atom. The fourth-order valence-electron chi connectivity index (χ4n) is 3.22. The summed E-state index contributed by atoms with van der Waals surface area (Å²) in [6.45, 7) is 1.99. The number of nitrogens with zero attached hydrogens (tertiary/aromatic N) is 1. The first-order chi connectivity index (χ1) is 9.90. The van der Waals surface area contributed by atoms with Crippen molar-refractivity contribution in [3.05, 3.63) is 27.7 Å². The van der Waals surface area contributed by atoms with Crippen LogP contribution in [0, 0.1) is 0 Å². The molecule has 3 rings (SSSR count). The highest BCUT2D eigenvalue weighted by molar-refractivity contribution is 6.42. The van der Waals surface area contributed by atoms with Crippen LogP contribution in [-0.2, 0) is 4.74 Å². The van der Waals surface area contributed by atoms with Crippen molar-refractivity contribution >= 4 is 29.3 Å². The van der Waals surface area contributed by atoms with Crippen LogP contribution in [0.5, 0.6) is 5.75 Å². The molecule has 0 aliphatic carbocycles. The Bertz CT molecular complexity index is 593. The van der Waals surface area contributed by atoms with Gasteiger partial charge in [-0.3, -0.25) is 0 Å². The Morgan fingerprint density at radius 3 is 2.81 bits per heavy atom. The van der Waals surface area contributed by atoms with Gasteiger partial charge in [-0.25, -0.2) is 4.79 Å². The number of hydrogen-bond donors (Lipinski definition) is 2. The van der Waals surface area contributed by atoms with E-state index in [1.54, 1.807) is 11.8 Å². The van der Waals surface area contributed by atoms with Crippen LogP contribution in [0.2, 0.25) is 10.0 Å². The average molecular weight is 332 g/mol. The van der Waals surface area contributed by atoms with Crippen LogP contribution in [0.4, 0.5) is 4.79 Å². The van der Waals surface area contributed by atoms with Crippen LogP contribution < -0.4 is 0 Å². The number of aliphatic hydroxyl groups is 1. The lowest BCUT2D eigenvalue weighted by Gasteiger charge is -2.19. The van der Waals surface area contributed by atoms with Gasteiger partial charge < -0.3 is 19.8 Å². The number of aromatic hydroxyl groups is 1. The van der Waals surface area contributed by atoms with E-state index in [4.69, 9.17) is 27.9 Å². The number of fused-ring (bicyclic) bond motifs is 1. The average Bonchev–Trinajstić information content (AvgIpc) is 2.96. The molecule has 1 aromatic rings. The number of phenols is 1. The molecule has 7 heteroatoms. The van der Waals surface area contributed by atoms with Crippen molar-refractivity contribution in [2.24, 2.45) is 0 Å². The van der Waals surface area contributed by atoms with Gasteiger partial charge in [-0.1, -0.05) is 23.2 Å². The molecule has 2 fully saturated rings. The topological polar surface area (TPSA) is 70.0 Å². The molecule has 2 aliphatic heterocycles. The summed E-state index contributed by atoms with van der Waals surface area (Å²) in [6.07, 6.45) is -1.17. The third kappa shape index (κ3) is 2.33. The summed E-state index contributed by atoms with van der Waals surface area (Å²) >= 11 is 12.2. The van der Waals surface area contributed by atoms with E-state index in [0.717, 1.165) is 0 Å². The Kier molecular flexibility index (Phi) is 3.67. The highest BCUT2D eigenvalue weighted by Crippen LogP contribution is 2.45. The molecule has 0 saturated carbocycles. The Morgan fingerprint density at radius 1 is 1.43 bits per heavy atom. The highest BCUT2D eigenvalue weighted by Gasteiger charge is 2.50. The molecule has 0 radical (unpaired) electrons. The summed E-state index contributed by atoms with van der Waals surface area (Å²) in [5.41, 5.74) is 0.552. The maximum Gasteiger partial charge on any atom is 0.410 e. The van der Waals surface area contributed by atoms with Gasteiger partial charge in [0.05, 0.1) is 22.2 Å². The minimum absolute atomic E-state index is 0.0672. The lowest BCUT2D eigenvalue weighted by Crippen LogP contribution is -2.36. The van der Waals surface area contributed by atoms with E-state index in [0.29, 0.717) is 28.6 Å². The molecule has 2 aliphatic rings. The molecule has 2 unspecified atom stereocenters. The van der Waals surface area contributed by atoms with E-state index in [1.165, 1.54) is 12.1 Å². The van der Waals surface area contributed by atoms with Crippen LogP contribution in [0.15, 0.2) is 12.1 Å². The molecule has 0 spiro atoms. The molecule has 2 saturated heterocycles. The van der Waals surface area contributed by atoms with Crippen molar-refractivity contribution in [1.29, 1.82) is 0 Å². The van der Waals surface area contributed by atoms with Crippen molar-refractivity contribution < 1.29 is 19.7 Å². The van der Waals surface area contributed by atoms with Gasteiger partial charge in [0.25, 0.3) is 0 Å². The number of ether oxygens (including phenoxy) is 1. The summed E-state index contributed by atoms with van der Waals surface area (Å²) in [5.74, 6) is -0.0622. The second kappa shape index (κ2) is 5.23. The van der Waals surface area contributed by atoms with Crippen molar-refractivity contribution in [2.75, 3.05) is 6.54 Å². The summed E-state index contributed by atoms with van der Waals surface area (Å²) in [7, 11) is 0. The van der Waals surface area contributed by atoms with Crippen molar-refractivity contribution in [2.45, 2.75) is 37.5 Å². The predicted molar refractivity (Wildman–Crippen MR) is 77.9 cm³/mol. The lowest BCUT2D eigenvalue weighted by atomic mass is 9.93. The van der Waals surface area contributed by atoms with Crippen molar-refractivity contribution in [1.82, 2.24) is 4.90 Å². The van der Waals surface area contributed by atoms with Crippen LogP contribution >= 0.6 is 23.2 Å². The second-order valence-electron chi connectivity index (χ2n) is 5.54. The molecular weight excluding hydrogens is 317 g/mol. The molecular formula is C14H15Cl2NO4. The first-order valence-electron chi connectivity index (χ1n) is 6.72. The van der Waals surface area contributed by atoms with Gasteiger partial charge in [-0.2, -0.15) is 0 Å². The van der Waals surface area contributed by atoms with Crippen LogP contribution in [0.25, 0.3) is 0 Å². The number of cyclic esters (lactones) is 1. The predicted octanol–water partition coefficient (Wildman–Crippen LogP) is 2.76. The van der Waals surface area contributed by atoms with E-state index in [9.17, 15) is 15.0 Å². The number of carbonyl (C=O) groups excluding carboxylic acids is 1. The molecule has 5 nitrogen and oxygen atoms in total. The minimum Gasteiger partial charge on any atom is -0.508 e. The van der Waals surface area contributed by atoms with Crippen LogP contribution in [0.1, 0.15) is 24.8 Å². The zero-order valence-electron chi connectivity index (χ0n) is 11.3. The summed E-state index contributed by atoms with van der Waals surface area (Å²) in [4.78, 5) is 13.4. The third-order valence-corrected chi connectivity index (χ3v) is 5.01. The maximum atomic E-state index is 11.9. The molecule has 2 N–H and O–H groups in total. The highest BCUT2D eigenvalue weighted by atomic mass is 35.5. The number of hydrogen-bond acceptors (Lipinski definition) is 4. The van der Waals surface area contributed by atoms with Gasteiger partial charge in [-0.15, -0.1) is 0 Å². The molecule has 1 aromatic carbocycles. The summed E-state index contributed by atoms with van der Waals surface area (Å²) in [5, 5.41) is 20.5. The molecule has 1 amide bonds. The third-order valence-electron chi connectivity index (χ3n) is 4.19. The number of carbonyl (C=O) groups is 1. The van der Waals surface area contributed by atoms with Crippen LogP contribution in [-0.4, -0.2) is 46.0 Å². The molecule has 21 heavy (non-hydrogen) atoms. The standard InChI is InChI=1S/C14H15Cl2NO4/c1-6(18)13-9-4-7(5-17(9)14(20)21-13)11-10(19)3-2-8(15)12(11)16/h2-3,6-7,9,13,18-19H,4-5H2,1H3/t6?,7-,9-,13?/m0/s1. The molecule has 4 atom stereocenters. The number of phenolic OH excluding ortho intramolecular Hbond substituents is 1. The van der Waals surface area contributed by atoms with E-state index in [1.807, 2.05) is 0 Å². The summed E-state index contributed by atoms with van der Waals surface area (Å²) in [6, 6.07) is 2.82. The lowest BCUT2D eigenvalue weighted by molar-refractivity contribution is 0.0283. The first-order valence-corrected chi connectivity index (χ1v) is 7.48. The van der Waals surface area contributed by atoms with Gasteiger partial charge in [-0.05, 0) is 25.5 Å². The smallest absolute Gasteiger partial charge is 0.410 e. The van der Waals surface area contributed by atoms with E-state index in [-0.39, 0.29) is 17.7 Å². The molecule has 114 valence electrons. The van der Waals surface area contributed by atoms with Crippen molar-refractivity contribution in [3.8, 4) is 5.75 Å². The van der Waals surface area contributed by atoms with Gasteiger partial charge in [0.1, 0.15) is 11.9 Å². The van der Waals surface area contributed by atoms with E-state index >= 15 is 0 Å². The normalized spacial score (nSPS) is 29.4. The number of aliphatic hydroxyl groups excluding tert-OH is 1. The zero-order chi connectivity index (χ0) is 15.3. The number of rotatable bonds is 2. The number of benzene rings is 1. The Labute approximate surface area is 132 Å². The minimum atomic E-state index is -0.744. The Balaban J connectivity index is 1.92. The van der Waals surface area contributed by atoms with Gasteiger partial charge in [0.15, 0.2) is 0 Å².